The highest BCUT2D eigenvalue weighted by Gasteiger charge is 2.33. The Kier molecular flexibility index (Phi) is 5.04. The smallest absolute Gasteiger partial charge is 0.214 e. The second-order valence-corrected chi connectivity index (χ2v) is 7.65. The molecular weight excluding hydrogens is 248 g/mol. The largest absolute Gasteiger partial charge is 0.314 e. The molecule has 0 bridgehead atoms. The zero-order valence-electron chi connectivity index (χ0n) is 11.4. The molecule has 0 radical (unpaired) electrons. The molecule has 0 aromatic rings. The normalized spacial score (nSPS) is 27.7. The molecule has 1 saturated heterocycles. The van der Waals surface area contributed by atoms with E-state index in [-0.39, 0.29) is 6.04 Å². The van der Waals surface area contributed by atoms with E-state index in [2.05, 4.69) is 12.2 Å². The number of hydrogen-bond donors (Lipinski definition) is 1. The van der Waals surface area contributed by atoms with E-state index in [1.54, 1.807) is 4.31 Å². The average molecular weight is 274 g/mol. The summed E-state index contributed by atoms with van der Waals surface area (Å²) >= 11 is 0. The molecule has 1 unspecified atom stereocenters. The Labute approximate surface area is 111 Å². The van der Waals surface area contributed by atoms with Gasteiger partial charge in [-0.2, -0.15) is 4.31 Å². The molecule has 18 heavy (non-hydrogen) atoms. The molecule has 1 aliphatic carbocycles. The minimum absolute atomic E-state index is 0.176. The van der Waals surface area contributed by atoms with Crippen molar-refractivity contribution in [3.63, 3.8) is 0 Å². The maximum absolute atomic E-state index is 12.5. The maximum Gasteiger partial charge on any atom is 0.214 e. The molecule has 5 heteroatoms. The van der Waals surface area contributed by atoms with Crippen LogP contribution in [-0.2, 0) is 10.0 Å². The van der Waals surface area contributed by atoms with Crippen molar-refractivity contribution >= 4 is 10.0 Å². The Bertz CT molecular complexity index is 348. The topological polar surface area (TPSA) is 49.4 Å². The number of rotatable bonds is 5. The van der Waals surface area contributed by atoms with Gasteiger partial charge in [-0.05, 0) is 25.2 Å². The van der Waals surface area contributed by atoms with Crippen LogP contribution in [0.3, 0.4) is 0 Å². The monoisotopic (exact) mass is 274 g/mol. The fraction of sp³-hybridized carbons (Fsp3) is 1.00. The van der Waals surface area contributed by atoms with Gasteiger partial charge in [0.25, 0.3) is 0 Å². The molecule has 4 nitrogen and oxygen atoms in total. The summed E-state index contributed by atoms with van der Waals surface area (Å²) in [5, 5.41) is 3.31. The highest BCUT2D eigenvalue weighted by molar-refractivity contribution is 7.89. The number of sulfonamides is 1. The summed E-state index contributed by atoms with van der Waals surface area (Å²) in [5.74, 6) is 0.792. The van der Waals surface area contributed by atoms with Crippen molar-refractivity contribution in [3.8, 4) is 0 Å². The SMILES string of the molecule is CCCC1CNCCN1S(=O)(=O)CC1CCCC1. The van der Waals surface area contributed by atoms with Crippen molar-refractivity contribution in [2.24, 2.45) is 5.92 Å². The second-order valence-electron chi connectivity index (χ2n) is 5.69. The first-order valence-corrected chi connectivity index (χ1v) is 8.94. The van der Waals surface area contributed by atoms with E-state index in [4.69, 9.17) is 0 Å². The summed E-state index contributed by atoms with van der Waals surface area (Å²) in [6.07, 6.45) is 6.63. The minimum atomic E-state index is -3.04. The molecule has 1 heterocycles. The van der Waals surface area contributed by atoms with Crippen LogP contribution < -0.4 is 5.32 Å². The van der Waals surface area contributed by atoms with Crippen LogP contribution in [0.5, 0.6) is 0 Å². The van der Waals surface area contributed by atoms with E-state index in [1.165, 1.54) is 12.8 Å². The Balaban J connectivity index is 2.01. The first kappa shape index (κ1) is 14.3. The first-order chi connectivity index (χ1) is 8.63. The van der Waals surface area contributed by atoms with Crippen LogP contribution >= 0.6 is 0 Å². The molecule has 2 fully saturated rings. The van der Waals surface area contributed by atoms with Gasteiger partial charge in [0.1, 0.15) is 0 Å². The van der Waals surface area contributed by atoms with Gasteiger partial charge in [0.15, 0.2) is 0 Å². The lowest BCUT2D eigenvalue weighted by Gasteiger charge is -2.35. The van der Waals surface area contributed by atoms with Crippen LogP contribution in [0.15, 0.2) is 0 Å². The Hall–Kier alpha value is -0.130. The molecule has 106 valence electrons. The third kappa shape index (κ3) is 3.45. The summed E-state index contributed by atoms with van der Waals surface area (Å²) in [6.45, 7) is 4.39. The van der Waals surface area contributed by atoms with E-state index < -0.39 is 10.0 Å². The van der Waals surface area contributed by atoms with Crippen molar-refractivity contribution in [3.05, 3.63) is 0 Å². The van der Waals surface area contributed by atoms with E-state index in [0.717, 1.165) is 38.8 Å². The molecule has 0 aromatic heterocycles. The maximum atomic E-state index is 12.5. The summed E-state index contributed by atoms with van der Waals surface area (Å²) < 4.78 is 26.8. The van der Waals surface area contributed by atoms with Gasteiger partial charge in [-0.3, -0.25) is 0 Å². The molecule has 2 rings (SSSR count). The molecule has 1 saturated carbocycles. The highest BCUT2D eigenvalue weighted by atomic mass is 32.2. The molecule has 0 aromatic carbocycles. The third-order valence-corrected chi connectivity index (χ3v) is 6.28. The lowest BCUT2D eigenvalue weighted by Crippen LogP contribution is -2.54. The molecule has 0 spiro atoms. The predicted molar refractivity (Wildman–Crippen MR) is 74.0 cm³/mol. The van der Waals surface area contributed by atoms with E-state index in [9.17, 15) is 8.42 Å². The van der Waals surface area contributed by atoms with E-state index in [0.29, 0.717) is 18.2 Å². The van der Waals surface area contributed by atoms with Gasteiger partial charge in [-0.25, -0.2) is 8.42 Å². The van der Waals surface area contributed by atoms with E-state index >= 15 is 0 Å². The molecule has 2 aliphatic rings. The van der Waals surface area contributed by atoms with Crippen molar-refractivity contribution in [2.75, 3.05) is 25.4 Å². The van der Waals surface area contributed by atoms with Crippen LogP contribution in [0, 0.1) is 5.92 Å². The van der Waals surface area contributed by atoms with Gasteiger partial charge < -0.3 is 5.32 Å². The Morgan fingerprint density at radius 2 is 2.00 bits per heavy atom. The van der Waals surface area contributed by atoms with Crippen molar-refractivity contribution in [2.45, 2.75) is 51.5 Å². The van der Waals surface area contributed by atoms with Gasteiger partial charge in [-0.15, -0.1) is 0 Å². The van der Waals surface area contributed by atoms with Gasteiger partial charge in [0.2, 0.25) is 10.0 Å². The molecule has 1 N–H and O–H groups in total. The van der Waals surface area contributed by atoms with Crippen molar-refractivity contribution < 1.29 is 8.42 Å². The third-order valence-electron chi connectivity index (χ3n) is 4.20. The molecule has 0 amide bonds. The highest BCUT2D eigenvalue weighted by Crippen LogP contribution is 2.28. The fourth-order valence-electron chi connectivity index (χ4n) is 3.26. The fourth-order valence-corrected chi connectivity index (χ4v) is 5.38. The van der Waals surface area contributed by atoms with Gasteiger partial charge in [-0.1, -0.05) is 26.2 Å². The molecule has 1 aliphatic heterocycles. The Morgan fingerprint density at radius 1 is 1.28 bits per heavy atom. The zero-order chi connectivity index (χ0) is 13.0. The van der Waals surface area contributed by atoms with Crippen LogP contribution in [0.2, 0.25) is 0 Å². The zero-order valence-corrected chi connectivity index (χ0v) is 12.2. The number of piperazine rings is 1. The van der Waals surface area contributed by atoms with Gasteiger partial charge >= 0.3 is 0 Å². The number of nitrogens with zero attached hydrogens (tertiary/aromatic N) is 1. The molecule has 1 atom stereocenters. The predicted octanol–water partition coefficient (Wildman–Crippen LogP) is 1.58. The van der Waals surface area contributed by atoms with Crippen LogP contribution in [-0.4, -0.2) is 44.2 Å². The summed E-state index contributed by atoms with van der Waals surface area (Å²) in [4.78, 5) is 0. The van der Waals surface area contributed by atoms with Crippen LogP contribution in [0.1, 0.15) is 45.4 Å². The first-order valence-electron chi connectivity index (χ1n) is 7.33. The quantitative estimate of drug-likeness (QED) is 0.828. The second kappa shape index (κ2) is 6.35. The van der Waals surface area contributed by atoms with Gasteiger partial charge in [0, 0.05) is 25.7 Å². The summed E-state index contributed by atoms with van der Waals surface area (Å²) in [6, 6.07) is 0.176. The number of hydrogen-bond acceptors (Lipinski definition) is 3. The van der Waals surface area contributed by atoms with Crippen LogP contribution in [0.4, 0.5) is 0 Å². The lowest BCUT2D eigenvalue weighted by atomic mass is 10.1. The Morgan fingerprint density at radius 3 is 2.67 bits per heavy atom. The van der Waals surface area contributed by atoms with Crippen molar-refractivity contribution in [1.82, 2.24) is 9.62 Å². The summed E-state index contributed by atoms with van der Waals surface area (Å²) in [5.41, 5.74) is 0. The lowest BCUT2D eigenvalue weighted by molar-refractivity contribution is 0.253. The number of nitrogens with one attached hydrogen (secondary N) is 1. The van der Waals surface area contributed by atoms with Crippen LogP contribution in [0.25, 0.3) is 0 Å². The molecular formula is C13H26N2O2S. The summed E-state index contributed by atoms with van der Waals surface area (Å²) in [7, 11) is -3.04. The van der Waals surface area contributed by atoms with E-state index in [1.807, 2.05) is 0 Å². The average Bonchev–Trinajstić information content (AvgIpc) is 2.82. The van der Waals surface area contributed by atoms with Crippen molar-refractivity contribution in [1.29, 1.82) is 0 Å². The standard InChI is InChI=1S/C13H26N2O2S/c1-2-5-13-10-14-8-9-15(13)18(16,17)11-12-6-3-4-7-12/h12-14H,2-11H2,1H3. The minimum Gasteiger partial charge on any atom is -0.314 e. The van der Waals surface area contributed by atoms with Gasteiger partial charge in [0.05, 0.1) is 5.75 Å².